The van der Waals surface area contributed by atoms with Gasteiger partial charge in [0, 0.05) is 0 Å². The fourth-order valence-corrected chi connectivity index (χ4v) is 0.338. The molecule has 0 heterocycles. The molecule has 0 aliphatic carbocycles. The molecule has 0 aliphatic rings. The van der Waals surface area contributed by atoms with E-state index in [0.717, 1.165) is 0 Å². The van der Waals surface area contributed by atoms with Gasteiger partial charge >= 0.3 is 24.5 Å². The summed E-state index contributed by atoms with van der Waals surface area (Å²) in [7, 11) is 0. The molecule has 0 amide bonds. The van der Waals surface area contributed by atoms with Gasteiger partial charge in [0.15, 0.2) is 0 Å². The van der Waals surface area contributed by atoms with Crippen LogP contribution in [0.1, 0.15) is 0 Å². The van der Waals surface area contributed by atoms with Crippen molar-refractivity contribution in [1.29, 1.82) is 0 Å². The van der Waals surface area contributed by atoms with Crippen LogP contribution in [0.2, 0.25) is 0 Å². The first-order valence-corrected chi connectivity index (χ1v) is 2.68. The van der Waals surface area contributed by atoms with Gasteiger partial charge in [-0.3, -0.25) is 0 Å². The van der Waals surface area contributed by atoms with Crippen LogP contribution in [0.4, 0.5) is 27.2 Å². The van der Waals surface area contributed by atoms with E-state index in [1.165, 1.54) is 0 Å². The molecule has 0 radical (unpaired) electrons. The van der Waals surface area contributed by atoms with Crippen LogP contribution in [0, 0.1) is 0 Å². The van der Waals surface area contributed by atoms with Crippen molar-refractivity contribution in [1.82, 2.24) is 0 Å². The molecule has 2 N–H and O–H groups in total. The highest BCUT2D eigenvalue weighted by Gasteiger charge is 2.65. The van der Waals surface area contributed by atoms with Crippen LogP contribution in [0.3, 0.4) is 0 Å². The van der Waals surface area contributed by atoms with Crippen molar-refractivity contribution in [2.24, 2.45) is 0 Å². The quantitative estimate of drug-likeness (QED) is 0.555. The molecule has 0 aromatic carbocycles. The number of hydrogen-bond acceptors (Lipinski definition) is 4. The molecule has 0 rings (SSSR count). The largest absolute Gasteiger partial charge is 0.512 e. The second-order valence-corrected chi connectivity index (χ2v) is 1.77. The van der Waals surface area contributed by atoms with Crippen molar-refractivity contribution < 1.29 is 46.8 Å². The number of hydrogen-bond donors (Lipinski definition) is 2. The summed E-state index contributed by atoms with van der Waals surface area (Å²) in [4.78, 5) is 19.0. The summed E-state index contributed by atoms with van der Waals surface area (Å²) in [5.74, 6) is 0. The lowest BCUT2D eigenvalue weighted by Crippen LogP contribution is -2.47. The number of ether oxygens (including phenoxy) is 2. The van der Waals surface area contributed by atoms with Gasteiger partial charge in [-0.15, -0.1) is 0 Å². The Morgan fingerprint density at radius 2 is 1.07 bits per heavy atom. The smallest absolute Gasteiger partial charge is 0.450 e. The molecule has 0 spiro atoms. The molecule has 6 nitrogen and oxygen atoms in total. The van der Waals surface area contributed by atoms with Crippen molar-refractivity contribution in [2.75, 3.05) is 0 Å². The minimum atomic E-state index is -5.59. The van der Waals surface area contributed by atoms with Crippen molar-refractivity contribution in [3.63, 3.8) is 0 Å². The van der Waals surface area contributed by atoms with E-state index in [9.17, 15) is 27.2 Å². The Hall–Kier alpha value is -1.74. The van der Waals surface area contributed by atoms with Crippen molar-refractivity contribution >= 4 is 12.3 Å². The van der Waals surface area contributed by atoms with Crippen molar-refractivity contribution in [3.8, 4) is 0 Å². The average Bonchev–Trinajstić information content (AvgIpc) is 1.78. The second kappa shape index (κ2) is 3.55. The number of carboxylic acid groups (broad SMARTS) is 2. The Labute approximate surface area is 72.6 Å². The minimum Gasteiger partial charge on any atom is -0.450 e. The summed E-state index contributed by atoms with van der Waals surface area (Å²) in [5.41, 5.74) is 0. The van der Waals surface area contributed by atoms with Crippen LogP contribution in [0.5, 0.6) is 0 Å². The molecule has 82 valence electrons. The zero-order chi connectivity index (χ0) is 11.6. The third-order valence-electron chi connectivity index (χ3n) is 0.770. The Bertz CT molecular complexity index is 224. The molecular weight excluding hydrogens is 220 g/mol. The molecule has 0 fully saturated rings. The zero-order valence-corrected chi connectivity index (χ0v) is 6.04. The van der Waals surface area contributed by atoms with Crippen LogP contribution in [0.25, 0.3) is 0 Å². The lowest BCUT2D eigenvalue weighted by Gasteiger charge is -2.21. The van der Waals surface area contributed by atoms with Gasteiger partial charge in [-0.2, -0.15) is 17.6 Å². The zero-order valence-electron chi connectivity index (χ0n) is 6.04. The van der Waals surface area contributed by atoms with Gasteiger partial charge in [0.25, 0.3) is 0 Å². The first kappa shape index (κ1) is 12.3. The lowest BCUT2D eigenvalue weighted by molar-refractivity contribution is -0.401. The number of rotatable bonds is 3. The van der Waals surface area contributed by atoms with E-state index in [4.69, 9.17) is 10.2 Å². The molecule has 0 atom stereocenters. The van der Waals surface area contributed by atoms with Gasteiger partial charge < -0.3 is 19.7 Å². The van der Waals surface area contributed by atoms with E-state index in [-0.39, 0.29) is 0 Å². The molecule has 10 heteroatoms. The summed E-state index contributed by atoms with van der Waals surface area (Å²) in [6.45, 7) is 0. The predicted molar refractivity (Wildman–Crippen MR) is 28.1 cm³/mol. The summed E-state index contributed by atoms with van der Waals surface area (Å²) in [5, 5.41) is 15.2. The summed E-state index contributed by atoms with van der Waals surface area (Å²) in [6, 6.07) is 0. The Morgan fingerprint density at radius 1 is 0.857 bits per heavy atom. The third kappa shape index (κ3) is 2.95. The molecule has 0 saturated carbocycles. The van der Waals surface area contributed by atoms with Crippen molar-refractivity contribution in [2.45, 2.75) is 12.2 Å². The van der Waals surface area contributed by atoms with Gasteiger partial charge in [0.05, 0.1) is 0 Å². The Balaban J connectivity index is 4.67. The third-order valence-corrected chi connectivity index (χ3v) is 0.770. The van der Waals surface area contributed by atoms with Crippen molar-refractivity contribution in [3.05, 3.63) is 0 Å². The Kier molecular flexibility index (Phi) is 3.11. The maximum absolute atomic E-state index is 12.1. The highest BCUT2D eigenvalue weighted by atomic mass is 19.3. The molecule has 0 aromatic heterocycles. The molecule has 0 saturated heterocycles. The lowest BCUT2D eigenvalue weighted by atomic mass is 10.6. The van der Waals surface area contributed by atoms with E-state index in [1.54, 1.807) is 0 Å². The fourth-order valence-electron chi connectivity index (χ4n) is 0.338. The van der Waals surface area contributed by atoms with Gasteiger partial charge in [-0.05, 0) is 0 Å². The Morgan fingerprint density at radius 3 is 1.21 bits per heavy atom. The first-order valence-electron chi connectivity index (χ1n) is 2.68. The van der Waals surface area contributed by atoms with Crippen LogP contribution < -0.4 is 0 Å². The van der Waals surface area contributed by atoms with Crippen LogP contribution in [0.15, 0.2) is 0 Å². The van der Waals surface area contributed by atoms with E-state index < -0.39 is 24.5 Å². The van der Waals surface area contributed by atoms with Gasteiger partial charge in [-0.25, -0.2) is 9.59 Å². The predicted octanol–water partition coefficient (Wildman–Crippen LogP) is 1.56. The monoisotopic (exact) mass is 222 g/mol. The van der Waals surface area contributed by atoms with Gasteiger partial charge in [0.1, 0.15) is 0 Å². The minimum absolute atomic E-state index is 2.45. The van der Waals surface area contributed by atoms with E-state index in [1.807, 2.05) is 0 Å². The number of alkyl halides is 4. The first-order chi connectivity index (χ1) is 6.08. The topological polar surface area (TPSA) is 93.1 Å². The van der Waals surface area contributed by atoms with E-state index >= 15 is 0 Å². The van der Waals surface area contributed by atoms with Gasteiger partial charge in [-0.1, -0.05) is 0 Å². The van der Waals surface area contributed by atoms with Crippen LogP contribution in [-0.2, 0) is 9.47 Å². The standard InChI is InChI=1S/C4H2F4O6/c5-3(6,13-1(9)10)4(7,8)14-2(11)12/h(H,9,10)(H,11,12). The summed E-state index contributed by atoms with van der Waals surface area (Å²) in [6.07, 6.45) is -16.6. The molecule has 0 bridgehead atoms. The normalized spacial score (nSPS) is 12.0. The average molecular weight is 222 g/mol. The second-order valence-electron chi connectivity index (χ2n) is 1.77. The van der Waals surface area contributed by atoms with E-state index in [2.05, 4.69) is 9.47 Å². The molecular formula is C4H2F4O6. The summed E-state index contributed by atoms with van der Waals surface area (Å²) < 4.78 is 53.2. The SMILES string of the molecule is O=C(O)OC(F)(F)C(F)(F)OC(=O)O. The number of carbonyl (C=O) groups is 2. The molecule has 0 unspecified atom stereocenters. The number of halogens is 4. The molecule has 0 aromatic rings. The maximum Gasteiger partial charge on any atom is 0.512 e. The molecule has 0 aliphatic heterocycles. The highest BCUT2D eigenvalue weighted by Crippen LogP contribution is 2.36. The fraction of sp³-hybridized carbons (Fsp3) is 0.500. The van der Waals surface area contributed by atoms with E-state index in [0.29, 0.717) is 0 Å². The maximum atomic E-state index is 12.1. The van der Waals surface area contributed by atoms with Crippen LogP contribution >= 0.6 is 0 Å². The highest BCUT2D eigenvalue weighted by molar-refractivity contribution is 5.58. The van der Waals surface area contributed by atoms with Gasteiger partial charge in [0.2, 0.25) is 0 Å². The molecule has 14 heavy (non-hydrogen) atoms. The van der Waals surface area contributed by atoms with Crippen LogP contribution in [-0.4, -0.2) is 34.7 Å². The summed E-state index contributed by atoms with van der Waals surface area (Å²) >= 11 is 0.